The Morgan fingerprint density at radius 1 is 1.33 bits per heavy atom. The molecule has 0 atom stereocenters. The fourth-order valence-corrected chi connectivity index (χ4v) is 1.54. The van der Waals surface area contributed by atoms with Crippen LogP contribution >= 0.6 is 0 Å². The van der Waals surface area contributed by atoms with E-state index in [1.165, 1.54) is 6.08 Å². The van der Waals surface area contributed by atoms with Crippen molar-refractivity contribution in [3.8, 4) is 0 Å². The lowest BCUT2D eigenvalue weighted by molar-refractivity contribution is -0.118. The monoisotopic (exact) mass is 271 g/mol. The Morgan fingerprint density at radius 2 is 1.83 bits per heavy atom. The van der Waals surface area contributed by atoms with E-state index < -0.39 is 15.9 Å². The van der Waals surface area contributed by atoms with Crippen LogP contribution in [0.3, 0.4) is 0 Å². The van der Waals surface area contributed by atoms with Crippen molar-refractivity contribution in [3.05, 3.63) is 36.5 Å². The van der Waals surface area contributed by atoms with Crippen LogP contribution in [0.15, 0.2) is 36.5 Å². The molecule has 0 fully saturated rings. The second-order valence-corrected chi connectivity index (χ2v) is 6.92. The van der Waals surface area contributed by atoms with Crippen LogP contribution in [0.4, 0.5) is 0 Å². The summed E-state index contributed by atoms with van der Waals surface area (Å²) in [7, 11) is -3.52. The van der Waals surface area contributed by atoms with Gasteiger partial charge in [-0.2, -0.15) is 0 Å². The molecule has 0 aromatic heterocycles. The zero-order chi connectivity index (χ0) is 14.6. The highest BCUT2D eigenvalue weighted by molar-refractivity contribution is 7.89. The molecule has 0 unspecified atom stereocenters. The van der Waals surface area contributed by atoms with Gasteiger partial charge in [-0.3, -0.25) is 9.52 Å². The Kier molecular flexibility index (Phi) is 5.55. The van der Waals surface area contributed by atoms with Crippen LogP contribution in [0, 0.1) is 5.41 Å². The minimum atomic E-state index is -3.52. The summed E-state index contributed by atoms with van der Waals surface area (Å²) in [4.78, 5) is 11.5. The first-order valence-corrected chi connectivity index (χ1v) is 7.38. The van der Waals surface area contributed by atoms with Gasteiger partial charge < -0.3 is 0 Å². The molecular formula is C13H21NO3S. The molecule has 0 bridgehead atoms. The van der Waals surface area contributed by atoms with Crippen LogP contribution in [0.1, 0.15) is 27.2 Å². The molecule has 0 saturated heterocycles. The molecule has 0 aliphatic heterocycles. The van der Waals surface area contributed by atoms with E-state index in [9.17, 15) is 13.2 Å². The molecule has 0 saturated carbocycles. The Bertz CT molecular complexity index is 479. The van der Waals surface area contributed by atoms with Crippen LogP contribution < -0.4 is 4.72 Å². The molecule has 0 aromatic carbocycles. The SMILES string of the molecule is C=C/C(=C\C(=C)C(C)(C)C)CC(=O)NS(C)(=O)=O. The quantitative estimate of drug-likeness (QED) is 0.779. The van der Waals surface area contributed by atoms with Crippen molar-refractivity contribution in [2.75, 3.05) is 6.26 Å². The fourth-order valence-electron chi connectivity index (χ4n) is 1.05. The Labute approximate surface area is 110 Å². The third-order valence-electron chi connectivity index (χ3n) is 2.25. The van der Waals surface area contributed by atoms with E-state index in [2.05, 4.69) is 13.2 Å². The Balaban J connectivity index is 4.83. The zero-order valence-electron chi connectivity index (χ0n) is 11.4. The van der Waals surface area contributed by atoms with Crippen LogP contribution in [-0.2, 0) is 14.8 Å². The van der Waals surface area contributed by atoms with E-state index in [0.717, 1.165) is 11.8 Å². The summed E-state index contributed by atoms with van der Waals surface area (Å²) in [5, 5.41) is 0. The van der Waals surface area contributed by atoms with Gasteiger partial charge in [0.05, 0.1) is 12.7 Å². The maximum absolute atomic E-state index is 11.5. The molecule has 0 spiro atoms. The molecule has 102 valence electrons. The fraction of sp³-hybridized carbons (Fsp3) is 0.462. The first-order valence-electron chi connectivity index (χ1n) is 5.48. The van der Waals surface area contributed by atoms with Crippen molar-refractivity contribution in [1.82, 2.24) is 4.72 Å². The summed E-state index contributed by atoms with van der Waals surface area (Å²) >= 11 is 0. The molecule has 0 aliphatic carbocycles. The van der Waals surface area contributed by atoms with E-state index in [1.54, 1.807) is 6.08 Å². The van der Waals surface area contributed by atoms with Crippen molar-refractivity contribution >= 4 is 15.9 Å². The third-order valence-corrected chi connectivity index (χ3v) is 2.85. The second-order valence-electron chi connectivity index (χ2n) is 5.17. The van der Waals surface area contributed by atoms with Crippen LogP contribution in [0.2, 0.25) is 0 Å². The molecule has 18 heavy (non-hydrogen) atoms. The molecule has 0 aliphatic rings. The molecule has 1 N–H and O–H groups in total. The lowest BCUT2D eigenvalue weighted by atomic mass is 9.86. The van der Waals surface area contributed by atoms with E-state index in [-0.39, 0.29) is 11.8 Å². The second kappa shape index (κ2) is 6.00. The van der Waals surface area contributed by atoms with Gasteiger partial charge in [-0.15, -0.1) is 0 Å². The van der Waals surface area contributed by atoms with Crippen LogP contribution in [0.25, 0.3) is 0 Å². The minimum absolute atomic E-state index is 0.0360. The number of amides is 1. The third kappa shape index (κ3) is 7.06. The first kappa shape index (κ1) is 16.6. The number of allylic oxidation sites excluding steroid dienone is 3. The van der Waals surface area contributed by atoms with Crippen LogP contribution in [-0.4, -0.2) is 20.6 Å². The summed E-state index contributed by atoms with van der Waals surface area (Å²) in [6.07, 6.45) is 4.19. The van der Waals surface area contributed by atoms with Gasteiger partial charge in [-0.1, -0.05) is 46.1 Å². The number of nitrogens with one attached hydrogen (secondary N) is 1. The first-order chi connectivity index (χ1) is 7.95. The largest absolute Gasteiger partial charge is 0.274 e. The molecular weight excluding hydrogens is 250 g/mol. The van der Waals surface area contributed by atoms with E-state index in [1.807, 2.05) is 25.5 Å². The molecule has 4 nitrogen and oxygen atoms in total. The maximum Gasteiger partial charge on any atom is 0.237 e. The normalized spacial score (nSPS) is 13.0. The number of hydrogen-bond acceptors (Lipinski definition) is 3. The van der Waals surface area contributed by atoms with Crippen molar-refractivity contribution in [2.24, 2.45) is 5.41 Å². The van der Waals surface area contributed by atoms with Gasteiger partial charge in [0, 0.05) is 0 Å². The average Bonchev–Trinajstić information content (AvgIpc) is 2.11. The van der Waals surface area contributed by atoms with E-state index in [4.69, 9.17) is 0 Å². The Morgan fingerprint density at radius 3 is 2.17 bits per heavy atom. The van der Waals surface area contributed by atoms with Crippen molar-refractivity contribution in [3.63, 3.8) is 0 Å². The lowest BCUT2D eigenvalue weighted by Gasteiger charge is -2.19. The van der Waals surface area contributed by atoms with Gasteiger partial charge in [0.2, 0.25) is 15.9 Å². The number of sulfonamides is 1. The highest BCUT2D eigenvalue weighted by Gasteiger charge is 2.14. The molecule has 0 heterocycles. The number of carbonyl (C=O) groups excluding carboxylic acids is 1. The summed E-state index contributed by atoms with van der Waals surface area (Å²) in [6, 6.07) is 0. The maximum atomic E-state index is 11.5. The average molecular weight is 271 g/mol. The van der Waals surface area contributed by atoms with Gasteiger partial charge in [-0.25, -0.2) is 8.42 Å². The molecule has 1 amide bonds. The van der Waals surface area contributed by atoms with Gasteiger partial charge in [0.25, 0.3) is 0 Å². The van der Waals surface area contributed by atoms with Crippen LogP contribution in [0.5, 0.6) is 0 Å². The number of carbonyl (C=O) groups is 1. The molecule has 0 radical (unpaired) electrons. The highest BCUT2D eigenvalue weighted by Crippen LogP contribution is 2.26. The van der Waals surface area contributed by atoms with E-state index >= 15 is 0 Å². The summed E-state index contributed by atoms with van der Waals surface area (Å²) < 4.78 is 23.7. The van der Waals surface area contributed by atoms with Gasteiger partial charge in [0.1, 0.15) is 0 Å². The van der Waals surface area contributed by atoms with Crippen molar-refractivity contribution in [2.45, 2.75) is 27.2 Å². The van der Waals surface area contributed by atoms with Crippen molar-refractivity contribution < 1.29 is 13.2 Å². The molecule has 0 rings (SSSR count). The topological polar surface area (TPSA) is 63.2 Å². The van der Waals surface area contributed by atoms with E-state index in [0.29, 0.717) is 5.57 Å². The molecule has 5 heteroatoms. The summed E-state index contributed by atoms with van der Waals surface area (Å²) in [5.74, 6) is -0.578. The number of hydrogen-bond donors (Lipinski definition) is 1. The summed E-state index contributed by atoms with van der Waals surface area (Å²) in [6.45, 7) is 13.5. The van der Waals surface area contributed by atoms with Gasteiger partial charge in [-0.05, 0) is 16.6 Å². The Hall–Kier alpha value is -1.36. The van der Waals surface area contributed by atoms with Gasteiger partial charge >= 0.3 is 0 Å². The number of rotatable bonds is 5. The predicted molar refractivity (Wildman–Crippen MR) is 74.5 cm³/mol. The smallest absolute Gasteiger partial charge is 0.237 e. The van der Waals surface area contributed by atoms with Crippen molar-refractivity contribution in [1.29, 1.82) is 0 Å². The molecule has 0 aromatic rings. The predicted octanol–water partition coefficient (Wildman–Crippen LogP) is 2.17. The van der Waals surface area contributed by atoms with Gasteiger partial charge in [0.15, 0.2) is 0 Å². The minimum Gasteiger partial charge on any atom is -0.274 e. The zero-order valence-corrected chi connectivity index (χ0v) is 12.2. The lowest BCUT2D eigenvalue weighted by Crippen LogP contribution is -2.29. The summed E-state index contributed by atoms with van der Waals surface area (Å²) in [5.41, 5.74) is 1.38. The highest BCUT2D eigenvalue weighted by atomic mass is 32.2. The standard InChI is InChI=1S/C13H21NO3S/c1-7-11(8-10(2)13(3,4)5)9-12(15)14-18(6,16)17/h7-8H,1-2,9H2,3-6H3,(H,14,15)/b11-8+.